The van der Waals surface area contributed by atoms with E-state index in [1.165, 1.54) is 17.5 Å². The third-order valence-electron chi connectivity index (χ3n) is 2.58. The number of carbonyl (C=O) groups excluding carboxylic acids is 1. The first-order chi connectivity index (χ1) is 9.61. The molecule has 0 spiro atoms. The average Bonchev–Trinajstić information content (AvgIpc) is 2.95. The van der Waals surface area contributed by atoms with Gasteiger partial charge in [-0.25, -0.2) is 14.8 Å². The summed E-state index contributed by atoms with van der Waals surface area (Å²) in [7, 11) is 0. The number of carbonyl (C=O) groups is 1. The molecular formula is C13H16N4O2S. The number of nitrogens with zero attached hydrogens (tertiary/aromatic N) is 2. The van der Waals surface area contributed by atoms with Gasteiger partial charge < -0.3 is 15.8 Å². The third-order valence-corrected chi connectivity index (χ3v) is 3.54. The van der Waals surface area contributed by atoms with E-state index in [0.717, 1.165) is 5.01 Å². The lowest BCUT2D eigenvalue weighted by Crippen LogP contribution is -2.14. The zero-order valence-electron chi connectivity index (χ0n) is 11.3. The Balaban J connectivity index is 2.24. The van der Waals surface area contributed by atoms with E-state index in [4.69, 9.17) is 10.5 Å². The first-order valence-corrected chi connectivity index (χ1v) is 7.08. The van der Waals surface area contributed by atoms with Crippen molar-refractivity contribution in [2.75, 3.05) is 17.7 Å². The average molecular weight is 292 g/mol. The minimum atomic E-state index is -0.443. The van der Waals surface area contributed by atoms with Crippen LogP contribution < -0.4 is 11.1 Å². The molecule has 0 bridgehead atoms. The Labute approximate surface area is 121 Å². The molecule has 0 aliphatic rings. The molecule has 106 valence electrons. The van der Waals surface area contributed by atoms with Crippen molar-refractivity contribution in [3.8, 4) is 0 Å². The van der Waals surface area contributed by atoms with E-state index in [2.05, 4.69) is 15.3 Å². The highest BCUT2D eigenvalue weighted by Crippen LogP contribution is 2.23. The number of thiazole rings is 1. The van der Waals surface area contributed by atoms with Crippen LogP contribution in [0.3, 0.4) is 0 Å². The van der Waals surface area contributed by atoms with Crippen LogP contribution in [0, 0.1) is 0 Å². The van der Waals surface area contributed by atoms with Gasteiger partial charge in [-0.1, -0.05) is 0 Å². The summed E-state index contributed by atoms with van der Waals surface area (Å²) >= 11 is 1.54. The Morgan fingerprint density at radius 2 is 2.35 bits per heavy atom. The fourth-order valence-electron chi connectivity index (χ4n) is 1.68. The number of nitrogens with two attached hydrogens (primary N) is 1. The van der Waals surface area contributed by atoms with Gasteiger partial charge in [0.2, 0.25) is 0 Å². The predicted molar refractivity (Wildman–Crippen MR) is 78.8 cm³/mol. The molecule has 0 fully saturated rings. The minimum Gasteiger partial charge on any atom is -0.462 e. The predicted octanol–water partition coefficient (Wildman–Crippen LogP) is 2.47. The summed E-state index contributed by atoms with van der Waals surface area (Å²) in [6.45, 7) is 4.00. The Kier molecular flexibility index (Phi) is 4.52. The number of esters is 1. The molecule has 0 aliphatic heterocycles. The number of hydrogen-bond acceptors (Lipinski definition) is 7. The second-order valence-electron chi connectivity index (χ2n) is 4.12. The Bertz CT molecular complexity index is 586. The highest BCUT2D eigenvalue weighted by molar-refractivity contribution is 7.09. The molecule has 2 rings (SSSR count). The van der Waals surface area contributed by atoms with Crippen LogP contribution in [0.4, 0.5) is 11.5 Å². The first kappa shape index (κ1) is 14.3. The number of nitrogens with one attached hydrogen (secondary N) is 1. The largest absolute Gasteiger partial charge is 0.462 e. The van der Waals surface area contributed by atoms with Crippen molar-refractivity contribution in [2.24, 2.45) is 0 Å². The molecule has 20 heavy (non-hydrogen) atoms. The number of rotatable bonds is 5. The number of anilines is 2. The number of ether oxygens (including phenoxy) is 1. The molecular weight excluding hydrogens is 276 g/mol. The van der Waals surface area contributed by atoms with Crippen molar-refractivity contribution >= 4 is 28.8 Å². The van der Waals surface area contributed by atoms with Gasteiger partial charge in [0.25, 0.3) is 0 Å². The summed E-state index contributed by atoms with van der Waals surface area (Å²) < 4.78 is 5.01. The fourth-order valence-corrected chi connectivity index (χ4v) is 2.32. The monoisotopic (exact) mass is 292 g/mol. The zero-order chi connectivity index (χ0) is 14.5. The fraction of sp³-hybridized carbons (Fsp3) is 0.308. The summed E-state index contributed by atoms with van der Waals surface area (Å²) in [4.78, 5) is 20.3. The van der Waals surface area contributed by atoms with Gasteiger partial charge in [-0.3, -0.25) is 0 Å². The van der Waals surface area contributed by atoms with Crippen molar-refractivity contribution in [1.82, 2.24) is 9.97 Å². The maximum absolute atomic E-state index is 11.9. The van der Waals surface area contributed by atoms with Crippen molar-refractivity contribution in [3.05, 3.63) is 34.4 Å². The SMILES string of the molecule is CCOC(=O)c1cc(N)cnc1NC(C)c1nccs1. The molecule has 2 heterocycles. The van der Waals surface area contributed by atoms with E-state index in [9.17, 15) is 4.79 Å². The van der Waals surface area contributed by atoms with Crippen LogP contribution in [0.1, 0.15) is 35.3 Å². The van der Waals surface area contributed by atoms with E-state index >= 15 is 0 Å². The second-order valence-corrected chi connectivity index (χ2v) is 5.05. The highest BCUT2D eigenvalue weighted by Gasteiger charge is 2.17. The van der Waals surface area contributed by atoms with Gasteiger partial charge in [0.1, 0.15) is 16.4 Å². The van der Waals surface area contributed by atoms with Gasteiger partial charge in [0.05, 0.1) is 24.5 Å². The van der Waals surface area contributed by atoms with Crippen molar-refractivity contribution in [1.29, 1.82) is 0 Å². The van der Waals surface area contributed by atoms with Crippen molar-refractivity contribution in [2.45, 2.75) is 19.9 Å². The molecule has 1 unspecified atom stereocenters. The Morgan fingerprint density at radius 1 is 1.55 bits per heavy atom. The molecule has 0 saturated heterocycles. The maximum Gasteiger partial charge on any atom is 0.341 e. The number of pyridine rings is 1. The topological polar surface area (TPSA) is 90.1 Å². The molecule has 2 aromatic heterocycles. The van der Waals surface area contributed by atoms with Gasteiger partial charge in [-0.05, 0) is 19.9 Å². The maximum atomic E-state index is 11.9. The summed E-state index contributed by atoms with van der Waals surface area (Å²) in [5.41, 5.74) is 6.42. The third kappa shape index (κ3) is 3.24. The molecule has 1 atom stereocenters. The van der Waals surface area contributed by atoms with Crippen LogP contribution in [0.25, 0.3) is 0 Å². The van der Waals surface area contributed by atoms with Crippen LogP contribution in [0.5, 0.6) is 0 Å². The van der Waals surface area contributed by atoms with Crippen LogP contribution in [-0.2, 0) is 4.74 Å². The van der Waals surface area contributed by atoms with Gasteiger partial charge in [-0.15, -0.1) is 11.3 Å². The van der Waals surface area contributed by atoms with Crippen LogP contribution in [0.15, 0.2) is 23.8 Å². The summed E-state index contributed by atoms with van der Waals surface area (Å²) in [6, 6.07) is 1.50. The molecule has 7 heteroatoms. The molecule has 0 amide bonds. The number of aromatic nitrogens is 2. The summed E-state index contributed by atoms with van der Waals surface area (Å²) in [5, 5.41) is 5.97. The standard InChI is InChI=1S/C13H16N4O2S/c1-3-19-13(18)10-6-9(14)7-16-11(10)17-8(2)12-15-4-5-20-12/h4-8H,3,14H2,1-2H3,(H,16,17). The van der Waals surface area contributed by atoms with Crippen LogP contribution in [-0.4, -0.2) is 22.5 Å². The van der Waals surface area contributed by atoms with Gasteiger partial charge in [-0.2, -0.15) is 0 Å². The quantitative estimate of drug-likeness (QED) is 0.823. The molecule has 6 nitrogen and oxygen atoms in total. The second kappa shape index (κ2) is 6.33. The van der Waals surface area contributed by atoms with Crippen LogP contribution in [0.2, 0.25) is 0 Å². The number of hydrogen-bond donors (Lipinski definition) is 2. The van der Waals surface area contributed by atoms with Crippen LogP contribution >= 0.6 is 11.3 Å². The number of nitrogen functional groups attached to an aromatic ring is 1. The van der Waals surface area contributed by atoms with E-state index in [0.29, 0.717) is 23.7 Å². The van der Waals surface area contributed by atoms with E-state index < -0.39 is 5.97 Å². The lowest BCUT2D eigenvalue weighted by molar-refractivity contribution is 0.0527. The van der Waals surface area contributed by atoms with E-state index in [1.807, 2.05) is 12.3 Å². The lowest BCUT2D eigenvalue weighted by Gasteiger charge is -2.15. The van der Waals surface area contributed by atoms with Crippen molar-refractivity contribution < 1.29 is 9.53 Å². The highest BCUT2D eigenvalue weighted by atomic mass is 32.1. The lowest BCUT2D eigenvalue weighted by atomic mass is 10.2. The molecule has 0 aromatic carbocycles. The Hall–Kier alpha value is -2.15. The van der Waals surface area contributed by atoms with Gasteiger partial charge >= 0.3 is 5.97 Å². The zero-order valence-corrected chi connectivity index (χ0v) is 12.1. The summed E-state index contributed by atoms with van der Waals surface area (Å²) in [5.74, 6) is 0.00138. The van der Waals surface area contributed by atoms with Gasteiger partial charge in [0.15, 0.2) is 0 Å². The minimum absolute atomic E-state index is 0.0562. The molecule has 0 saturated carbocycles. The molecule has 0 aliphatic carbocycles. The molecule has 2 aromatic rings. The van der Waals surface area contributed by atoms with E-state index in [1.54, 1.807) is 19.2 Å². The Morgan fingerprint density at radius 3 is 3.00 bits per heavy atom. The van der Waals surface area contributed by atoms with Gasteiger partial charge in [0, 0.05) is 11.6 Å². The van der Waals surface area contributed by atoms with E-state index in [-0.39, 0.29) is 6.04 Å². The molecule has 0 radical (unpaired) electrons. The summed E-state index contributed by atoms with van der Waals surface area (Å²) in [6.07, 6.45) is 3.24. The van der Waals surface area contributed by atoms with Crippen molar-refractivity contribution in [3.63, 3.8) is 0 Å². The normalized spacial score (nSPS) is 11.9. The first-order valence-electron chi connectivity index (χ1n) is 6.20. The molecule has 3 N–H and O–H groups in total. The smallest absolute Gasteiger partial charge is 0.341 e.